The molecule has 0 saturated carbocycles. The number of hydrogen-bond donors (Lipinski definition) is 0. The van der Waals surface area contributed by atoms with Crippen LogP contribution < -0.4 is 0 Å². The summed E-state index contributed by atoms with van der Waals surface area (Å²) < 4.78 is 1.04. The lowest BCUT2D eigenvalue weighted by Crippen LogP contribution is -1.77. The Kier molecular flexibility index (Phi) is 3.23. The van der Waals surface area contributed by atoms with Gasteiger partial charge < -0.3 is 0 Å². The number of benzene rings is 1. The van der Waals surface area contributed by atoms with E-state index >= 15 is 0 Å². The molecule has 1 aromatic carbocycles. The second-order valence-electron chi connectivity index (χ2n) is 2.56. The molecule has 0 atom stereocenters. The first-order valence-electron chi connectivity index (χ1n) is 3.61. The maximum absolute atomic E-state index is 10.3. The van der Waals surface area contributed by atoms with Crippen molar-refractivity contribution < 1.29 is 4.79 Å². The van der Waals surface area contributed by atoms with Crippen LogP contribution >= 0.6 is 15.9 Å². The molecule has 1 aromatic rings. The Labute approximate surface area is 80.2 Å². The van der Waals surface area contributed by atoms with Crippen LogP contribution in [-0.2, 0) is 4.79 Å². The number of carbonyl (C=O) groups excluding carboxylic acids is 1. The van der Waals surface area contributed by atoms with Crippen LogP contribution in [0.25, 0.3) is 6.08 Å². The number of allylic oxidation sites excluding steroid dienone is 1. The Morgan fingerprint density at radius 2 is 1.92 bits per heavy atom. The van der Waals surface area contributed by atoms with E-state index < -0.39 is 0 Å². The van der Waals surface area contributed by atoms with Gasteiger partial charge in [0.15, 0.2) is 0 Å². The third kappa shape index (κ3) is 2.62. The highest BCUT2D eigenvalue weighted by atomic mass is 79.9. The average Bonchev–Trinajstić information content (AvgIpc) is 2.09. The monoisotopic (exact) mass is 224 g/mol. The van der Waals surface area contributed by atoms with Crippen LogP contribution in [0, 0.1) is 0 Å². The Hall–Kier alpha value is -0.890. The van der Waals surface area contributed by atoms with Gasteiger partial charge in [-0.3, -0.25) is 4.79 Å². The van der Waals surface area contributed by atoms with E-state index in [4.69, 9.17) is 0 Å². The van der Waals surface area contributed by atoms with Gasteiger partial charge in [0.05, 0.1) is 0 Å². The zero-order valence-electron chi connectivity index (χ0n) is 6.75. The molecule has 0 radical (unpaired) electrons. The van der Waals surface area contributed by atoms with Crippen molar-refractivity contribution in [1.82, 2.24) is 0 Å². The minimum atomic E-state index is 0.734. The molecule has 62 valence electrons. The van der Waals surface area contributed by atoms with Crippen molar-refractivity contribution in [3.05, 3.63) is 39.9 Å². The van der Waals surface area contributed by atoms with E-state index in [1.807, 2.05) is 30.3 Å². The van der Waals surface area contributed by atoms with Gasteiger partial charge >= 0.3 is 0 Å². The third-order valence-corrected chi connectivity index (χ3v) is 1.98. The number of halogens is 1. The van der Waals surface area contributed by atoms with E-state index in [2.05, 4.69) is 15.9 Å². The quantitative estimate of drug-likeness (QED) is 0.558. The number of hydrogen-bond acceptors (Lipinski definition) is 1. The second kappa shape index (κ2) is 4.21. The Morgan fingerprint density at radius 1 is 1.33 bits per heavy atom. The first kappa shape index (κ1) is 9.20. The highest BCUT2D eigenvalue weighted by Gasteiger charge is 1.89. The highest BCUT2D eigenvalue weighted by Crippen LogP contribution is 2.12. The Balaban J connectivity index is 2.91. The Morgan fingerprint density at radius 3 is 2.42 bits per heavy atom. The molecule has 0 aliphatic heterocycles. The lowest BCUT2D eigenvalue weighted by atomic mass is 10.1. The molecule has 0 aromatic heterocycles. The predicted octanol–water partition coefficient (Wildman–Crippen LogP) is 3.05. The summed E-state index contributed by atoms with van der Waals surface area (Å²) in [6.07, 6.45) is 2.70. The fourth-order valence-electron chi connectivity index (χ4n) is 0.856. The van der Waals surface area contributed by atoms with Crippen LogP contribution in [0.3, 0.4) is 0 Å². The fraction of sp³-hybridized carbons (Fsp3) is 0.100. The van der Waals surface area contributed by atoms with Crippen LogP contribution in [-0.4, -0.2) is 6.29 Å². The van der Waals surface area contributed by atoms with Gasteiger partial charge in [0.25, 0.3) is 0 Å². The summed E-state index contributed by atoms with van der Waals surface area (Å²) in [5.41, 5.74) is 1.78. The number of aldehydes is 1. The zero-order valence-corrected chi connectivity index (χ0v) is 8.34. The predicted molar refractivity (Wildman–Crippen MR) is 53.9 cm³/mol. The lowest BCUT2D eigenvalue weighted by Gasteiger charge is -1.93. The molecule has 0 amide bonds. The minimum Gasteiger partial charge on any atom is -0.298 e. The van der Waals surface area contributed by atoms with Gasteiger partial charge in [-0.2, -0.15) is 0 Å². The summed E-state index contributed by atoms with van der Waals surface area (Å²) in [7, 11) is 0. The SMILES string of the molecule is C/C(C=O)=C/c1ccc(Br)cc1. The van der Waals surface area contributed by atoms with Gasteiger partial charge in [-0.1, -0.05) is 28.1 Å². The van der Waals surface area contributed by atoms with Crippen molar-refractivity contribution >= 4 is 28.3 Å². The lowest BCUT2D eigenvalue weighted by molar-refractivity contribution is -0.104. The molecule has 0 aliphatic rings. The molecule has 0 aliphatic carbocycles. The van der Waals surface area contributed by atoms with E-state index in [0.29, 0.717) is 0 Å². The van der Waals surface area contributed by atoms with Gasteiger partial charge in [0, 0.05) is 4.47 Å². The summed E-state index contributed by atoms with van der Waals surface area (Å²) in [5.74, 6) is 0. The summed E-state index contributed by atoms with van der Waals surface area (Å²) in [6, 6.07) is 7.81. The summed E-state index contributed by atoms with van der Waals surface area (Å²) in [6.45, 7) is 1.79. The standard InChI is InChI=1S/C10H9BrO/c1-8(7-12)6-9-2-4-10(11)5-3-9/h2-7H,1H3/b8-6-. The molecular formula is C10H9BrO. The topological polar surface area (TPSA) is 17.1 Å². The van der Waals surface area contributed by atoms with Gasteiger partial charge in [0.2, 0.25) is 0 Å². The van der Waals surface area contributed by atoms with E-state index in [1.165, 1.54) is 0 Å². The summed E-state index contributed by atoms with van der Waals surface area (Å²) >= 11 is 3.34. The van der Waals surface area contributed by atoms with Crippen LogP contribution in [0.5, 0.6) is 0 Å². The molecule has 0 fully saturated rings. The highest BCUT2D eigenvalue weighted by molar-refractivity contribution is 9.10. The number of carbonyl (C=O) groups is 1. The molecule has 0 N–H and O–H groups in total. The molecule has 0 heterocycles. The third-order valence-electron chi connectivity index (χ3n) is 1.45. The molecule has 0 bridgehead atoms. The van der Waals surface area contributed by atoms with E-state index in [1.54, 1.807) is 6.92 Å². The molecule has 0 unspecified atom stereocenters. The molecule has 0 spiro atoms. The van der Waals surface area contributed by atoms with E-state index in [-0.39, 0.29) is 0 Å². The summed E-state index contributed by atoms with van der Waals surface area (Å²) in [4.78, 5) is 10.3. The van der Waals surface area contributed by atoms with E-state index in [9.17, 15) is 4.79 Å². The van der Waals surface area contributed by atoms with Crippen LogP contribution in [0.15, 0.2) is 34.3 Å². The van der Waals surface area contributed by atoms with Crippen LogP contribution in [0.1, 0.15) is 12.5 Å². The first-order valence-corrected chi connectivity index (χ1v) is 4.41. The van der Waals surface area contributed by atoms with Crippen molar-refractivity contribution in [2.24, 2.45) is 0 Å². The largest absolute Gasteiger partial charge is 0.298 e. The smallest absolute Gasteiger partial charge is 0.145 e. The minimum absolute atomic E-state index is 0.734. The summed E-state index contributed by atoms with van der Waals surface area (Å²) in [5, 5.41) is 0. The van der Waals surface area contributed by atoms with E-state index in [0.717, 1.165) is 21.9 Å². The molecule has 0 saturated heterocycles. The van der Waals surface area contributed by atoms with Crippen molar-refractivity contribution in [1.29, 1.82) is 0 Å². The van der Waals surface area contributed by atoms with Crippen molar-refractivity contribution in [2.75, 3.05) is 0 Å². The molecule has 1 rings (SSSR count). The second-order valence-corrected chi connectivity index (χ2v) is 3.47. The van der Waals surface area contributed by atoms with Crippen molar-refractivity contribution in [3.63, 3.8) is 0 Å². The van der Waals surface area contributed by atoms with Gasteiger partial charge in [-0.15, -0.1) is 0 Å². The molecular weight excluding hydrogens is 216 g/mol. The average molecular weight is 225 g/mol. The maximum atomic E-state index is 10.3. The first-order chi connectivity index (χ1) is 5.72. The molecule has 1 nitrogen and oxygen atoms in total. The normalized spacial score (nSPS) is 11.3. The van der Waals surface area contributed by atoms with Crippen molar-refractivity contribution in [2.45, 2.75) is 6.92 Å². The number of rotatable bonds is 2. The maximum Gasteiger partial charge on any atom is 0.145 e. The Bertz CT molecular complexity index is 298. The van der Waals surface area contributed by atoms with Gasteiger partial charge in [-0.05, 0) is 36.3 Å². The van der Waals surface area contributed by atoms with Gasteiger partial charge in [-0.25, -0.2) is 0 Å². The molecule has 2 heteroatoms. The van der Waals surface area contributed by atoms with Crippen LogP contribution in [0.2, 0.25) is 0 Å². The van der Waals surface area contributed by atoms with Crippen LogP contribution in [0.4, 0.5) is 0 Å². The zero-order chi connectivity index (χ0) is 8.97. The van der Waals surface area contributed by atoms with Gasteiger partial charge in [0.1, 0.15) is 6.29 Å². The molecule has 12 heavy (non-hydrogen) atoms. The van der Waals surface area contributed by atoms with Crippen molar-refractivity contribution in [3.8, 4) is 0 Å². The fourth-order valence-corrected chi connectivity index (χ4v) is 1.12.